The molecule has 3 aromatic rings. The quantitative estimate of drug-likeness (QED) is 0.310. The number of aryl methyl sites for hydroxylation is 3. The fourth-order valence-electron chi connectivity index (χ4n) is 2.67. The molecule has 0 unspecified atom stereocenters. The van der Waals surface area contributed by atoms with E-state index in [0.29, 0.717) is 20.8 Å². The second-order valence-corrected chi connectivity index (χ2v) is 9.66. The summed E-state index contributed by atoms with van der Waals surface area (Å²) in [5, 5.41) is 5.64. The lowest BCUT2D eigenvalue weighted by atomic mass is 10.2. The van der Waals surface area contributed by atoms with E-state index in [4.69, 9.17) is 39.8 Å². The Kier molecular flexibility index (Phi) is 7.10. The van der Waals surface area contributed by atoms with Crippen LogP contribution in [0.25, 0.3) is 10.2 Å². The van der Waals surface area contributed by atoms with E-state index in [1.807, 2.05) is 0 Å². The smallest absolute Gasteiger partial charge is 0.234 e. The van der Waals surface area contributed by atoms with Gasteiger partial charge in [-0.2, -0.15) is 0 Å². The van der Waals surface area contributed by atoms with Crippen LogP contribution in [0.5, 0.6) is 0 Å². The zero-order valence-corrected chi connectivity index (χ0v) is 19.4. The number of aromatic nitrogens is 2. The first kappa shape index (κ1) is 21.7. The van der Waals surface area contributed by atoms with Gasteiger partial charge in [0.1, 0.15) is 15.7 Å². The molecule has 0 saturated heterocycles. The number of nitrogens with one attached hydrogen (secondary N) is 1. The number of rotatable bonds is 6. The molecule has 1 N–H and O–H groups in total. The van der Waals surface area contributed by atoms with E-state index in [9.17, 15) is 4.79 Å². The monoisotopic (exact) mass is 473 g/mol. The second kappa shape index (κ2) is 9.18. The molecule has 0 radical (unpaired) electrons. The summed E-state index contributed by atoms with van der Waals surface area (Å²) in [5.74, 6) is 0.772. The van der Waals surface area contributed by atoms with Gasteiger partial charge in [-0.1, -0.05) is 53.5 Å². The van der Waals surface area contributed by atoms with Gasteiger partial charge in [0.05, 0.1) is 21.5 Å². The third kappa shape index (κ3) is 4.74. The Balaban J connectivity index is 1.82. The fourth-order valence-corrected chi connectivity index (χ4v) is 5.59. The van der Waals surface area contributed by atoms with Gasteiger partial charge in [-0.15, -0.1) is 11.3 Å². The largest absolute Gasteiger partial charge is 0.323 e. The van der Waals surface area contributed by atoms with Crippen LogP contribution in [0.2, 0.25) is 15.1 Å². The maximum absolute atomic E-state index is 12.5. The molecule has 0 spiro atoms. The number of hydrogen-bond acceptors (Lipinski definition) is 5. The van der Waals surface area contributed by atoms with Crippen molar-refractivity contribution < 1.29 is 4.79 Å². The zero-order valence-electron chi connectivity index (χ0n) is 15.5. The minimum Gasteiger partial charge on any atom is -0.323 e. The van der Waals surface area contributed by atoms with E-state index >= 15 is 0 Å². The van der Waals surface area contributed by atoms with Gasteiger partial charge < -0.3 is 5.32 Å². The number of amides is 1. The summed E-state index contributed by atoms with van der Waals surface area (Å²) < 4.78 is 0. The first-order valence-corrected chi connectivity index (χ1v) is 11.6. The molecule has 0 saturated carbocycles. The second-order valence-electron chi connectivity index (χ2n) is 6.24. The SMILES string of the molecule is CCCc1nc(SCC(=O)Nc2c(Cl)cc(Cl)cc2Cl)c2c(C)c(C)sc2n1. The zero-order chi connectivity index (χ0) is 20.4. The Morgan fingerprint density at radius 1 is 1.18 bits per heavy atom. The van der Waals surface area contributed by atoms with Crippen LogP contribution < -0.4 is 5.32 Å². The Bertz CT molecular complexity index is 1030. The lowest BCUT2D eigenvalue weighted by Gasteiger charge is -2.10. The third-order valence-corrected chi connectivity index (χ3v) is 7.02. The molecule has 1 amide bonds. The molecule has 4 nitrogen and oxygen atoms in total. The van der Waals surface area contributed by atoms with E-state index in [2.05, 4.69) is 31.1 Å². The summed E-state index contributed by atoms with van der Waals surface area (Å²) in [5.41, 5.74) is 1.52. The molecule has 0 bridgehead atoms. The number of anilines is 1. The number of carbonyl (C=O) groups excluding carboxylic acids is 1. The molecule has 0 aliphatic carbocycles. The maximum Gasteiger partial charge on any atom is 0.234 e. The van der Waals surface area contributed by atoms with Crippen molar-refractivity contribution in [3.63, 3.8) is 0 Å². The van der Waals surface area contributed by atoms with Crippen molar-refractivity contribution >= 4 is 79.7 Å². The van der Waals surface area contributed by atoms with Crippen LogP contribution in [0, 0.1) is 13.8 Å². The van der Waals surface area contributed by atoms with Gasteiger partial charge in [-0.05, 0) is 38.0 Å². The summed E-state index contributed by atoms with van der Waals surface area (Å²) in [6.07, 6.45) is 1.77. The van der Waals surface area contributed by atoms with Crippen molar-refractivity contribution in [1.29, 1.82) is 0 Å². The highest BCUT2D eigenvalue weighted by Crippen LogP contribution is 2.36. The predicted molar refractivity (Wildman–Crippen MR) is 122 cm³/mol. The van der Waals surface area contributed by atoms with Crippen LogP contribution in [0.3, 0.4) is 0 Å². The van der Waals surface area contributed by atoms with Crippen molar-refractivity contribution in [2.45, 2.75) is 38.6 Å². The molecule has 148 valence electrons. The van der Waals surface area contributed by atoms with Crippen molar-refractivity contribution in [3.05, 3.63) is 43.5 Å². The molecule has 0 fully saturated rings. The van der Waals surface area contributed by atoms with Crippen LogP contribution in [0.1, 0.15) is 29.6 Å². The maximum atomic E-state index is 12.5. The number of halogens is 3. The van der Waals surface area contributed by atoms with Crippen LogP contribution in [-0.2, 0) is 11.2 Å². The van der Waals surface area contributed by atoms with Crippen molar-refractivity contribution in [2.75, 3.05) is 11.1 Å². The average molecular weight is 475 g/mol. The van der Waals surface area contributed by atoms with E-state index in [1.54, 1.807) is 23.5 Å². The minimum atomic E-state index is -0.218. The summed E-state index contributed by atoms with van der Waals surface area (Å²) in [6, 6.07) is 3.08. The molecule has 2 aromatic heterocycles. The van der Waals surface area contributed by atoms with E-state index in [0.717, 1.165) is 39.5 Å². The number of nitrogens with zero attached hydrogens (tertiary/aromatic N) is 2. The van der Waals surface area contributed by atoms with Crippen molar-refractivity contribution in [2.24, 2.45) is 0 Å². The normalized spacial score (nSPS) is 11.2. The Morgan fingerprint density at radius 2 is 1.86 bits per heavy atom. The van der Waals surface area contributed by atoms with Gasteiger partial charge in [0.2, 0.25) is 5.91 Å². The van der Waals surface area contributed by atoms with Crippen LogP contribution in [-0.4, -0.2) is 21.6 Å². The highest BCUT2D eigenvalue weighted by atomic mass is 35.5. The number of thiophene rings is 1. The average Bonchev–Trinajstić information content (AvgIpc) is 2.90. The molecular weight excluding hydrogens is 457 g/mol. The lowest BCUT2D eigenvalue weighted by molar-refractivity contribution is -0.113. The molecule has 28 heavy (non-hydrogen) atoms. The lowest BCUT2D eigenvalue weighted by Crippen LogP contribution is -2.15. The van der Waals surface area contributed by atoms with Crippen LogP contribution in [0.15, 0.2) is 17.2 Å². The molecule has 0 aliphatic rings. The van der Waals surface area contributed by atoms with Crippen LogP contribution >= 0.6 is 57.9 Å². The van der Waals surface area contributed by atoms with Gasteiger partial charge in [0.15, 0.2) is 0 Å². The van der Waals surface area contributed by atoms with Gasteiger partial charge in [-0.25, -0.2) is 9.97 Å². The number of benzene rings is 1. The van der Waals surface area contributed by atoms with Crippen LogP contribution in [0.4, 0.5) is 5.69 Å². The first-order chi connectivity index (χ1) is 13.3. The molecule has 1 aromatic carbocycles. The Labute approximate surface area is 187 Å². The number of carbonyl (C=O) groups is 1. The number of fused-ring (bicyclic) bond motifs is 1. The number of hydrogen-bond donors (Lipinski definition) is 1. The van der Waals surface area contributed by atoms with Gasteiger partial charge in [-0.3, -0.25) is 4.79 Å². The fraction of sp³-hybridized carbons (Fsp3) is 0.316. The molecular formula is C19H18Cl3N3OS2. The number of thioether (sulfide) groups is 1. The Hall–Kier alpha value is -1.05. The molecule has 9 heteroatoms. The summed E-state index contributed by atoms with van der Waals surface area (Å²) in [7, 11) is 0. The van der Waals surface area contributed by atoms with Gasteiger partial charge in [0.25, 0.3) is 0 Å². The van der Waals surface area contributed by atoms with Crippen molar-refractivity contribution in [1.82, 2.24) is 9.97 Å². The summed E-state index contributed by atoms with van der Waals surface area (Å²) >= 11 is 21.3. The predicted octanol–water partition coefficient (Wildman–Crippen LogP) is 6.95. The van der Waals surface area contributed by atoms with Gasteiger partial charge in [0, 0.05) is 21.7 Å². The molecule has 3 rings (SSSR count). The van der Waals surface area contributed by atoms with E-state index < -0.39 is 0 Å². The molecule has 0 aliphatic heterocycles. The highest BCUT2D eigenvalue weighted by Gasteiger charge is 2.17. The Morgan fingerprint density at radius 3 is 2.50 bits per heavy atom. The van der Waals surface area contributed by atoms with Gasteiger partial charge >= 0.3 is 0 Å². The summed E-state index contributed by atoms with van der Waals surface area (Å²) in [4.78, 5) is 24.1. The topological polar surface area (TPSA) is 54.9 Å². The van der Waals surface area contributed by atoms with Crippen molar-refractivity contribution in [3.8, 4) is 0 Å². The first-order valence-electron chi connectivity index (χ1n) is 8.64. The molecule has 2 heterocycles. The minimum absolute atomic E-state index is 0.182. The highest BCUT2D eigenvalue weighted by molar-refractivity contribution is 8.00. The summed E-state index contributed by atoms with van der Waals surface area (Å²) in [6.45, 7) is 6.24. The molecule has 0 atom stereocenters. The van der Waals surface area contributed by atoms with E-state index in [1.165, 1.54) is 16.6 Å². The standard InChI is InChI=1S/C19H18Cl3N3OS2/c1-4-5-14-23-18(16-9(2)10(3)28-19(16)24-14)27-8-15(26)25-17-12(21)6-11(20)7-13(17)22/h6-7H,4-5,8H2,1-3H3,(H,25,26). The third-order valence-electron chi connectivity index (χ3n) is 4.13. The van der Waals surface area contributed by atoms with E-state index in [-0.39, 0.29) is 11.7 Å².